The number of methoxy groups -OCH3 is 2. The molecule has 1 aromatic carbocycles. The molecule has 0 aliphatic rings. The molecule has 1 heterocycles. The lowest BCUT2D eigenvalue weighted by atomic mass is 10.2. The summed E-state index contributed by atoms with van der Waals surface area (Å²) in [7, 11) is 3.16. The number of rotatable bonds is 3. The first-order valence-electron chi connectivity index (χ1n) is 4.27. The van der Waals surface area contributed by atoms with Gasteiger partial charge in [-0.25, -0.2) is 0 Å². The molecule has 0 aliphatic carbocycles. The SMILES string of the molecule is COc1ccc(OC)c(-c2nn[c]o2)c1. The van der Waals surface area contributed by atoms with Crippen LogP contribution in [0.5, 0.6) is 11.5 Å². The standard InChI is InChI=1S/C10H9N2O3/c1-13-7-3-4-9(14-2)8(5-7)10-12-11-6-15-10/h3-5H,1-2H3. The van der Waals surface area contributed by atoms with Crippen LogP contribution in [-0.4, -0.2) is 24.4 Å². The van der Waals surface area contributed by atoms with Gasteiger partial charge < -0.3 is 13.9 Å². The second-order valence-corrected chi connectivity index (χ2v) is 2.76. The van der Waals surface area contributed by atoms with Crippen LogP contribution in [0.15, 0.2) is 22.6 Å². The van der Waals surface area contributed by atoms with E-state index in [9.17, 15) is 0 Å². The Balaban J connectivity index is 2.52. The summed E-state index contributed by atoms with van der Waals surface area (Å²) in [5, 5.41) is 7.25. The summed E-state index contributed by atoms with van der Waals surface area (Å²) in [5.41, 5.74) is 0.686. The average molecular weight is 205 g/mol. The first-order chi connectivity index (χ1) is 7.35. The molecule has 0 N–H and O–H groups in total. The van der Waals surface area contributed by atoms with Gasteiger partial charge in [-0.1, -0.05) is 0 Å². The van der Waals surface area contributed by atoms with Crippen LogP contribution in [0, 0.1) is 6.39 Å². The monoisotopic (exact) mass is 205 g/mol. The number of hydrogen-bond donors (Lipinski definition) is 0. The summed E-state index contributed by atoms with van der Waals surface area (Å²) in [6.07, 6.45) is 2.28. The highest BCUT2D eigenvalue weighted by Gasteiger charge is 2.11. The zero-order valence-corrected chi connectivity index (χ0v) is 8.35. The summed E-state index contributed by atoms with van der Waals surface area (Å²) < 4.78 is 15.2. The fourth-order valence-corrected chi connectivity index (χ4v) is 1.24. The van der Waals surface area contributed by atoms with Crippen molar-refractivity contribution < 1.29 is 13.9 Å². The van der Waals surface area contributed by atoms with Crippen molar-refractivity contribution in [3.63, 3.8) is 0 Å². The van der Waals surface area contributed by atoms with Gasteiger partial charge in [0, 0.05) is 0 Å². The van der Waals surface area contributed by atoms with E-state index < -0.39 is 0 Å². The number of benzene rings is 1. The van der Waals surface area contributed by atoms with Gasteiger partial charge in [0.25, 0.3) is 5.89 Å². The molecule has 0 aliphatic heterocycles. The van der Waals surface area contributed by atoms with Crippen LogP contribution >= 0.6 is 0 Å². The van der Waals surface area contributed by atoms with Crippen LogP contribution in [0.3, 0.4) is 0 Å². The van der Waals surface area contributed by atoms with Crippen molar-refractivity contribution in [1.29, 1.82) is 0 Å². The summed E-state index contributed by atoms with van der Waals surface area (Å²) in [6, 6.07) is 5.33. The smallest absolute Gasteiger partial charge is 0.306 e. The van der Waals surface area contributed by atoms with Crippen LogP contribution in [0.4, 0.5) is 0 Å². The maximum atomic E-state index is 5.17. The van der Waals surface area contributed by atoms with Crippen LogP contribution in [0.2, 0.25) is 0 Å². The molecule has 0 atom stereocenters. The minimum Gasteiger partial charge on any atom is -0.497 e. The third kappa shape index (κ3) is 1.76. The Morgan fingerprint density at radius 2 is 2.13 bits per heavy atom. The molecule has 5 nitrogen and oxygen atoms in total. The molecule has 0 unspecified atom stereocenters. The number of ether oxygens (including phenoxy) is 2. The van der Waals surface area contributed by atoms with Gasteiger partial charge in [0.15, 0.2) is 0 Å². The molecule has 1 radical (unpaired) electrons. The average Bonchev–Trinajstić information content (AvgIpc) is 2.81. The molecule has 0 saturated carbocycles. The topological polar surface area (TPSA) is 57.4 Å². The van der Waals surface area contributed by atoms with E-state index in [2.05, 4.69) is 16.6 Å². The highest BCUT2D eigenvalue weighted by atomic mass is 16.5. The van der Waals surface area contributed by atoms with Gasteiger partial charge in [0.05, 0.1) is 19.8 Å². The third-order valence-electron chi connectivity index (χ3n) is 1.96. The molecule has 0 amide bonds. The van der Waals surface area contributed by atoms with E-state index in [-0.39, 0.29) is 0 Å². The second kappa shape index (κ2) is 4.00. The van der Waals surface area contributed by atoms with Gasteiger partial charge >= 0.3 is 6.39 Å². The van der Waals surface area contributed by atoms with Crippen molar-refractivity contribution in [2.24, 2.45) is 0 Å². The number of aromatic nitrogens is 2. The fraction of sp³-hybridized carbons (Fsp3) is 0.200. The molecule has 5 heteroatoms. The molecule has 0 fully saturated rings. The Kier molecular flexibility index (Phi) is 2.53. The molecule has 15 heavy (non-hydrogen) atoms. The Hall–Kier alpha value is -2.04. The highest BCUT2D eigenvalue weighted by Crippen LogP contribution is 2.31. The van der Waals surface area contributed by atoms with E-state index >= 15 is 0 Å². The van der Waals surface area contributed by atoms with Gasteiger partial charge in [0.2, 0.25) is 0 Å². The minimum atomic E-state index is 0.353. The summed E-state index contributed by atoms with van der Waals surface area (Å²) >= 11 is 0. The maximum absolute atomic E-state index is 5.17. The van der Waals surface area contributed by atoms with E-state index in [1.54, 1.807) is 32.4 Å². The second-order valence-electron chi connectivity index (χ2n) is 2.76. The summed E-state index contributed by atoms with van der Waals surface area (Å²) in [5.74, 6) is 1.70. The van der Waals surface area contributed by atoms with Crippen LogP contribution < -0.4 is 9.47 Å². The van der Waals surface area contributed by atoms with Crippen molar-refractivity contribution >= 4 is 0 Å². The van der Waals surface area contributed by atoms with Gasteiger partial charge in [-0.2, -0.15) is 0 Å². The Labute approximate surface area is 86.6 Å². The summed E-state index contributed by atoms with van der Waals surface area (Å²) in [4.78, 5) is 0. The molecule has 2 aromatic rings. The molecular weight excluding hydrogens is 196 g/mol. The zero-order valence-electron chi connectivity index (χ0n) is 8.35. The van der Waals surface area contributed by atoms with E-state index in [0.717, 1.165) is 0 Å². The van der Waals surface area contributed by atoms with E-state index in [4.69, 9.17) is 13.9 Å². The normalized spacial score (nSPS) is 10.0. The summed E-state index contributed by atoms with van der Waals surface area (Å²) in [6.45, 7) is 0. The number of nitrogens with zero attached hydrogens (tertiary/aromatic N) is 2. The number of hydrogen-bond acceptors (Lipinski definition) is 5. The van der Waals surface area contributed by atoms with Crippen molar-refractivity contribution in [1.82, 2.24) is 10.2 Å². The molecule has 2 rings (SSSR count). The van der Waals surface area contributed by atoms with Crippen LogP contribution in [0.1, 0.15) is 0 Å². The maximum Gasteiger partial charge on any atom is 0.306 e. The molecule has 0 saturated heterocycles. The lowest BCUT2D eigenvalue weighted by Crippen LogP contribution is -1.90. The van der Waals surface area contributed by atoms with Crippen LogP contribution in [0.25, 0.3) is 11.5 Å². The quantitative estimate of drug-likeness (QED) is 0.760. The molecule has 0 bridgehead atoms. The van der Waals surface area contributed by atoms with E-state index in [1.807, 2.05) is 0 Å². The van der Waals surface area contributed by atoms with Gasteiger partial charge in [0.1, 0.15) is 11.5 Å². The fourth-order valence-electron chi connectivity index (χ4n) is 1.24. The van der Waals surface area contributed by atoms with Crippen molar-refractivity contribution in [3.05, 3.63) is 24.6 Å². The molecular formula is C10H9N2O3. The Morgan fingerprint density at radius 3 is 2.73 bits per heavy atom. The lowest BCUT2D eigenvalue weighted by Gasteiger charge is -2.06. The highest BCUT2D eigenvalue weighted by molar-refractivity contribution is 5.64. The van der Waals surface area contributed by atoms with Crippen molar-refractivity contribution in [2.45, 2.75) is 0 Å². The zero-order chi connectivity index (χ0) is 10.7. The van der Waals surface area contributed by atoms with Gasteiger partial charge in [-0.3, -0.25) is 0 Å². The molecule has 77 valence electrons. The van der Waals surface area contributed by atoms with Gasteiger partial charge in [-0.05, 0) is 18.2 Å². The predicted octanol–water partition coefficient (Wildman–Crippen LogP) is 1.55. The van der Waals surface area contributed by atoms with E-state index in [1.165, 1.54) is 0 Å². The first-order valence-corrected chi connectivity index (χ1v) is 4.27. The predicted molar refractivity (Wildman–Crippen MR) is 51.7 cm³/mol. The van der Waals surface area contributed by atoms with Gasteiger partial charge in [-0.15, -0.1) is 10.2 Å². The van der Waals surface area contributed by atoms with Crippen molar-refractivity contribution in [3.8, 4) is 23.0 Å². The Morgan fingerprint density at radius 1 is 1.27 bits per heavy atom. The van der Waals surface area contributed by atoms with E-state index in [0.29, 0.717) is 23.0 Å². The van der Waals surface area contributed by atoms with Crippen LogP contribution in [-0.2, 0) is 0 Å². The first kappa shape index (κ1) is 9.51. The molecule has 1 aromatic heterocycles. The largest absolute Gasteiger partial charge is 0.497 e. The lowest BCUT2D eigenvalue weighted by molar-refractivity contribution is 0.402. The minimum absolute atomic E-state index is 0.353. The third-order valence-corrected chi connectivity index (χ3v) is 1.96. The Bertz CT molecular complexity index is 440. The van der Waals surface area contributed by atoms with Crippen molar-refractivity contribution in [2.75, 3.05) is 14.2 Å². The molecule has 0 spiro atoms.